The molecule has 0 fully saturated rings. The zero-order valence-electron chi connectivity index (χ0n) is 11.4. The highest BCUT2D eigenvalue weighted by Gasteiger charge is 2.09. The Morgan fingerprint density at radius 3 is 2.67 bits per heavy atom. The summed E-state index contributed by atoms with van der Waals surface area (Å²) in [6, 6.07) is 13.5. The number of nitrogens with one attached hydrogen (secondary N) is 1. The van der Waals surface area contributed by atoms with E-state index in [-0.39, 0.29) is 12.1 Å². The van der Waals surface area contributed by atoms with Crippen molar-refractivity contribution in [3.05, 3.63) is 58.9 Å². The summed E-state index contributed by atoms with van der Waals surface area (Å²) in [6.45, 7) is 0.212. The summed E-state index contributed by atoms with van der Waals surface area (Å²) in [6.07, 6.45) is 0. The summed E-state index contributed by atoms with van der Waals surface area (Å²) in [5.74, 6) is -0.0222. The smallest absolute Gasteiger partial charge is 0.145 e. The first-order valence-electron chi connectivity index (χ1n) is 6.19. The van der Waals surface area contributed by atoms with Gasteiger partial charge in [0.2, 0.25) is 0 Å². The number of hydrogen-bond acceptors (Lipinski definition) is 4. The molecule has 0 radical (unpaired) electrons. The number of methoxy groups -OCH3 is 1. The van der Waals surface area contributed by atoms with Gasteiger partial charge in [0.15, 0.2) is 0 Å². The molecule has 0 heterocycles. The van der Waals surface area contributed by atoms with Crippen molar-refractivity contribution in [3.8, 4) is 17.9 Å². The third-order valence-electron chi connectivity index (χ3n) is 3.00. The number of hydrogen-bond donors (Lipinski definition) is 1. The van der Waals surface area contributed by atoms with Gasteiger partial charge in [-0.1, -0.05) is 12.1 Å². The molecule has 0 aliphatic rings. The van der Waals surface area contributed by atoms with Crippen LogP contribution in [0.15, 0.2) is 36.4 Å². The van der Waals surface area contributed by atoms with Crippen LogP contribution in [0.5, 0.6) is 5.75 Å². The van der Waals surface area contributed by atoms with Crippen molar-refractivity contribution in [3.63, 3.8) is 0 Å². The number of ether oxygens (including phenoxy) is 1. The standard InChI is InChI=1S/C16H12FN3O/c1-21-15-7-11(8-18)5-6-14(15)20-10-13-4-2-3-12(9-19)16(13)17/h2-7,20H,10H2,1H3. The topological polar surface area (TPSA) is 68.8 Å². The molecule has 0 saturated heterocycles. The quantitative estimate of drug-likeness (QED) is 0.934. The van der Waals surface area contributed by atoms with Crippen molar-refractivity contribution < 1.29 is 9.13 Å². The number of rotatable bonds is 4. The van der Waals surface area contributed by atoms with Gasteiger partial charge in [-0.15, -0.1) is 0 Å². The van der Waals surface area contributed by atoms with Gasteiger partial charge in [-0.2, -0.15) is 10.5 Å². The monoisotopic (exact) mass is 281 g/mol. The van der Waals surface area contributed by atoms with Crippen LogP contribution in [0.1, 0.15) is 16.7 Å². The van der Waals surface area contributed by atoms with E-state index in [9.17, 15) is 4.39 Å². The molecule has 104 valence electrons. The number of halogens is 1. The Bertz CT molecular complexity index is 744. The minimum absolute atomic E-state index is 0.0149. The Morgan fingerprint density at radius 2 is 2.00 bits per heavy atom. The first-order chi connectivity index (χ1) is 10.2. The molecule has 2 aromatic rings. The fourth-order valence-electron chi connectivity index (χ4n) is 1.90. The van der Waals surface area contributed by atoms with E-state index in [1.165, 1.54) is 13.2 Å². The molecule has 2 aromatic carbocycles. The van der Waals surface area contributed by atoms with Crippen LogP contribution in [0.4, 0.5) is 10.1 Å². The maximum atomic E-state index is 13.9. The molecular formula is C16H12FN3O. The number of benzene rings is 2. The lowest BCUT2D eigenvalue weighted by molar-refractivity contribution is 0.416. The van der Waals surface area contributed by atoms with E-state index in [1.54, 1.807) is 30.3 Å². The first kappa shape index (κ1) is 14.4. The van der Waals surface area contributed by atoms with E-state index in [2.05, 4.69) is 5.32 Å². The largest absolute Gasteiger partial charge is 0.495 e. The molecule has 0 saturated carbocycles. The van der Waals surface area contributed by atoms with E-state index in [0.717, 1.165) is 0 Å². The Kier molecular flexibility index (Phi) is 4.38. The van der Waals surface area contributed by atoms with Gasteiger partial charge in [0.1, 0.15) is 17.6 Å². The van der Waals surface area contributed by atoms with Crippen LogP contribution < -0.4 is 10.1 Å². The Morgan fingerprint density at radius 1 is 1.19 bits per heavy atom. The van der Waals surface area contributed by atoms with Gasteiger partial charge < -0.3 is 10.1 Å². The second-order valence-electron chi connectivity index (χ2n) is 4.27. The highest BCUT2D eigenvalue weighted by atomic mass is 19.1. The minimum atomic E-state index is -0.528. The average molecular weight is 281 g/mol. The number of nitrogens with zero attached hydrogens (tertiary/aromatic N) is 2. The third kappa shape index (κ3) is 3.10. The molecule has 0 aliphatic carbocycles. The van der Waals surface area contributed by atoms with E-state index in [0.29, 0.717) is 22.6 Å². The van der Waals surface area contributed by atoms with Crippen LogP contribution in [0.3, 0.4) is 0 Å². The summed E-state index contributed by atoms with van der Waals surface area (Å²) < 4.78 is 19.1. The van der Waals surface area contributed by atoms with Crippen LogP contribution in [-0.2, 0) is 6.54 Å². The van der Waals surface area contributed by atoms with Gasteiger partial charge >= 0.3 is 0 Å². The van der Waals surface area contributed by atoms with Gasteiger partial charge in [0.25, 0.3) is 0 Å². The zero-order valence-corrected chi connectivity index (χ0v) is 11.4. The van der Waals surface area contributed by atoms with E-state index in [4.69, 9.17) is 15.3 Å². The molecule has 0 atom stereocenters. The molecule has 1 N–H and O–H groups in total. The fraction of sp³-hybridized carbons (Fsp3) is 0.125. The van der Waals surface area contributed by atoms with Crippen molar-refractivity contribution in [2.45, 2.75) is 6.54 Å². The van der Waals surface area contributed by atoms with Gasteiger partial charge in [-0.05, 0) is 18.2 Å². The van der Waals surface area contributed by atoms with Gasteiger partial charge in [-0.25, -0.2) is 4.39 Å². The molecule has 2 rings (SSSR count). The molecule has 5 heteroatoms. The minimum Gasteiger partial charge on any atom is -0.495 e. The predicted octanol–water partition coefficient (Wildman–Crippen LogP) is 3.19. The van der Waals surface area contributed by atoms with E-state index in [1.807, 2.05) is 12.1 Å². The molecule has 4 nitrogen and oxygen atoms in total. The molecular weight excluding hydrogens is 269 g/mol. The van der Waals surface area contributed by atoms with Crippen molar-refractivity contribution in [2.24, 2.45) is 0 Å². The number of nitriles is 2. The van der Waals surface area contributed by atoms with Crippen LogP contribution in [0.25, 0.3) is 0 Å². The molecule has 0 aliphatic heterocycles. The summed E-state index contributed by atoms with van der Waals surface area (Å²) in [5, 5.41) is 20.7. The maximum Gasteiger partial charge on any atom is 0.145 e. The van der Waals surface area contributed by atoms with Crippen molar-refractivity contribution in [2.75, 3.05) is 12.4 Å². The van der Waals surface area contributed by atoms with Crippen LogP contribution >= 0.6 is 0 Å². The Labute approximate surface area is 122 Å². The highest BCUT2D eigenvalue weighted by Crippen LogP contribution is 2.26. The third-order valence-corrected chi connectivity index (χ3v) is 3.00. The lowest BCUT2D eigenvalue weighted by atomic mass is 10.1. The van der Waals surface area contributed by atoms with Gasteiger partial charge in [0, 0.05) is 18.2 Å². The van der Waals surface area contributed by atoms with E-state index >= 15 is 0 Å². The van der Waals surface area contributed by atoms with Crippen molar-refractivity contribution in [1.82, 2.24) is 0 Å². The average Bonchev–Trinajstić information content (AvgIpc) is 2.53. The highest BCUT2D eigenvalue weighted by molar-refractivity contribution is 5.59. The molecule has 0 aromatic heterocycles. The summed E-state index contributed by atoms with van der Waals surface area (Å²) >= 11 is 0. The predicted molar refractivity (Wildman–Crippen MR) is 76.2 cm³/mol. The summed E-state index contributed by atoms with van der Waals surface area (Å²) in [7, 11) is 1.50. The van der Waals surface area contributed by atoms with Crippen LogP contribution in [-0.4, -0.2) is 7.11 Å². The first-order valence-corrected chi connectivity index (χ1v) is 6.19. The lowest BCUT2D eigenvalue weighted by Gasteiger charge is -2.12. The lowest BCUT2D eigenvalue weighted by Crippen LogP contribution is -2.04. The van der Waals surface area contributed by atoms with Crippen LogP contribution in [0, 0.1) is 28.5 Å². The maximum absolute atomic E-state index is 13.9. The second-order valence-corrected chi connectivity index (χ2v) is 4.27. The van der Waals surface area contributed by atoms with Crippen molar-refractivity contribution in [1.29, 1.82) is 10.5 Å². The normalized spacial score (nSPS) is 9.52. The Balaban J connectivity index is 2.21. The van der Waals surface area contributed by atoms with Crippen LogP contribution in [0.2, 0.25) is 0 Å². The van der Waals surface area contributed by atoms with Crippen molar-refractivity contribution >= 4 is 5.69 Å². The zero-order chi connectivity index (χ0) is 15.2. The second kappa shape index (κ2) is 6.40. The summed E-state index contributed by atoms with van der Waals surface area (Å²) in [5.41, 5.74) is 1.54. The number of anilines is 1. The SMILES string of the molecule is COc1cc(C#N)ccc1NCc1cccc(C#N)c1F. The molecule has 0 spiro atoms. The summed E-state index contributed by atoms with van der Waals surface area (Å²) in [4.78, 5) is 0. The fourth-order valence-corrected chi connectivity index (χ4v) is 1.90. The van der Waals surface area contributed by atoms with Gasteiger partial charge in [-0.3, -0.25) is 0 Å². The molecule has 0 unspecified atom stereocenters. The Hall–Kier alpha value is -3.05. The molecule has 21 heavy (non-hydrogen) atoms. The van der Waals surface area contributed by atoms with Gasteiger partial charge in [0.05, 0.1) is 30.0 Å². The molecule has 0 bridgehead atoms. The van der Waals surface area contributed by atoms with E-state index < -0.39 is 5.82 Å². The molecule has 0 amide bonds.